The summed E-state index contributed by atoms with van der Waals surface area (Å²) in [5.41, 5.74) is 8.73. The lowest BCUT2D eigenvalue weighted by Gasteiger charge is -2.11. The van der Waals surface area contributed by atoms with Crippen molar-refractivity contribution >= 4 is 17.2 Å². The summed E-state index contributed by atoms with van der Waals surface area (Å²) in [6.07, 6.45) is 3.64. The number of rotatable bonds is 2. The monoisotopic (exact) mass is 208 g/mol. The third-order valence-electron chi connectivity index (χ3n) is 2.26. The summed E-state index contributed by atoms with van der Waals surface area (Å²) in [7, 11) is 0. The molecule has 0 spiro atoms. The second-order valence-corrected chi connectivity index (χ2v) is 4.16. The molecule has 0 aliphatic heterocycles. The van der Waals surface area contributed by atoms with Gasteiger partial charge >= 0.3 is 0 Å². The third-order valence-corrected chi connectivity index (χ3v) is 3.20. The fraction of sp³-hybridized carbons (Fsp3) is 0.333. The Morgan fingerprint density at radius 1 is 1.50 bits per heavy atom. The van der Waals surface area contributed by atoms with Crippen LogP contribution >= 0.6 is 11.3 Å². The fourth-order valence-corrected chi connectivity index (χ4v) is 1.98. The van der Waals surface area contributed by atoms with Crippen molar-refractivity contribution in [3.05, 3.63) is 28.3 Å². The van der Waals surface area contributed by atoms with Gasteiger partial charge in [0.15, 0.2) is 0 Å². The van der Waals surface area contributed by atoms with E-state index in [9.17, 15) is 0 Å². The zero-order valence-corrected chi connectivity index (χ0v) is 8.95. The number of aryl methyl sites for hydroxylation is 1. The Morgan fingerprint density at radius 2 is 2.29 bits per heavy atom. The Kier molecular flexibility index (Phi) is 2.25. The number of nitrogen functional groups attached to an aromatic ring is 1. The maximum absolute atomic E-state index is 5.89. The number of nitrogens with two attached hydrogens (primary N) is 1. The molecule has 0 radical (unpaired) electrons. The molecule has 2 heterocycles. The summed E-state index contributed by atoms with van der Waals surface area (Å²) < 4.78 is 1.82. The molecule has 1 atom stereocenters. The van der Waals surface area contributed by atoms with Crippen molar-refractivity contribution in [3.63, 3.8) is 0 Å². The summed E-state index contributed by atoms with van der Waals surface area (Å²) in [5.74, 6) is 0.728. The molecule has 0 saturated carbocycles. The van der Waals surface area contributed by atoms with Gasteiger partial charge in [-0.1, -0.05) is 0 Å². The Morgan fingerprint density at radius 3 is 2.79 bits per heavy atom. The minimum absolute atomic E-state index is 0.163. The van der Waals surface area contributed by atoms with Crippen molar-refractivity contribution in [1.82, 2.24) is 14.8 Å². The van der Waals surface area contributed by atoms with Crippen molar-refractivity contribution < 1.29 is 0 Å². The van der Waals surface area contributed by atoms with E-state index in [1.54, 1.807) is 17.5 Å². The van der Waals surface area contributed by atoms with Crippen LogP contribution in [-0.4, -0.2) is 14.8 Å². The molecular formula is C9H12N4S. The standard InChI is InChI=1S/C9H12N4S/c1-6-3-12-13(9(6)10)7(2)8-4-11-5-14-8/h3-5,7H,10H2,1-2H3. The Labute approximate surface area is 86.4 Å². The quantitative estimate of drug-likeness (QED) is 0.819. The molecule has 2 aromatic rings. The summed E-state index contributed by atoms with van der Waals surface area (Å²) in [6, 6.07) is 0.163. The SMILES string of the molecule is Cc1cnn(C(C)c2cncs2)c1N. The molecule has 5 heteroatoms. The molecule has 14 heavy (non-hydrogen) atoms. The predicted molar refractivity (Wildman–Crippen MR) is 57.3 cm³/mol. The normalized spacial score (nSPS) is 13.0. The minimum Gasteiger partial charge on any atom is -0.384 e. The van der Waals surface area contributed by atoms with Gasteiger partial charge in [0.1, 0.15) is 5.82 Å². The molecule has 0 aromatic carbocycles. The molecule has 0 saturated heterocycles. The Hall–Kier alpha value is -1.36. The van der Waals surface area contributed by atoms with Crippen LogP contribution in [0.15, 0.2) is 17.9 Å². The van der Waals surface area contributed by atoms with E-state index in [2.05, 4.69) is 17.0 Å². The van der Waals surface area contributed by atoms with Crippen molar-refractivity contribution in [1.29, 1.82) is 0 Å². The average molecular weight is 208 g/mol. The fourth-order valence-electron chi connectivity index (χ4n) is 1.32. The van der Waals surface area contributed by atoms with Gasteiger partial charge in [-0.15, -0.1) is 11.3 Å². The van der Waals surface area contributed by atoms with Crippen LogP contribution in [0.4, 0.5) is 5.82 Å². The molecule has 2 N–H and O–H groups in total. The molecule has 0 amide bonds. The first kappa shape index (κ1) is 9.21. The lowest BCUT2D eigenvalue weighted by Crippen LogP contribution is -2.10. The van der Waals surface area contributed by atoms with Crippen LogP contribution in [0.3, 0.4) is 0 Å². The lowest BCUT2D eigenvalue weighted by molar-refractivity contribution is 0.580. The number of hydrogen-bond donors (Lipinski definition) is 1. The zero-order chi connectivity index (χ0) is 10.1. The van der Waals surface area contributed by atoms with Gasteiger partial charge in [0.2, 0.25) is 0 Å². The van der Waals surface area contributed by atoms with Crippen LogP contribution in [-0.2, 0) is 0 Å². The first-order valence-electron chi connectivity index (χ1n) is 4.38. The first-order chi connectivity index (χ1) is 6.70. The number of hydrogen-bond acceptors (Lipinski definition) is 4. The lowest BCUT2D eigenvalue weighted by atomic mass is 10.3. The van der Waals surface area contributed by atoms with Crippen LogP contribution in [0.1, 0.15) is 23.4 Å². The molecule has 0 aliphatic carbocycles. The highest BCUT2D eigenvalue weighted by atomic mass is 32.1. The smallest absolute Gasteiger partial charge is 0.125 e. The maximum Gasteiger partial charge on any atom is 0.125 e. The number of aromatic nitrogens is 3. The van der Waals surface area contributed by atoms with Gasteiger partial charge in [-0.3, -0.25) is 4.98 Å². The summed E-state index contributed by atoms with van der Waals surface area (Å²) >= 11 is 1.62. The number of nitrogens with zero attached hydrogens (tertiary/aromatic N) is 3. The maximum atomic E-state index is 5.89. The highest BCUT2D eigenvalue weighted by Gasteiger charge is 2.13. The van der Waals surface area contributed by atoms with Gasteiger partial charge in [0.25, 0.3) is 0 Å². The van der Waals surface area contributed by atoms with Crippen LogP contribution < -0.4 is 5.73 Å². The van der Waals surface area contributed by atoms with E-state index in [0.29, 0.717) is 0 Å². The van der Waals surface area contributed by atoms with Crippen LogP contribution in [0.25, 0.3) is 0 Å². The molecular weight excluding hydrogens is 196 g/mol. The Bertz CT molecular complexity index is 418. The van der Waals surface area contributed by atoms with Crippen LogP contribution in [0.2, 0.25) is 0 Å². The molecule has 74 valence electrons. The molecule has 2 rings (SSSR count). The highest BCUT2D eigenvalue weighted by molar-refractivity contribution is 7.09. The average Bonchev–Trinajstić information content (AvgIpc) is 2.77. The van der Waals surface area contributed by atoms with Gasteiger partial charge in [-0.25, -0.2) is 4.68 Å². The van der Waals surface area contributed by atoms with Gasteiger partial charge in [-0.05, 0) is 13.8 Å². The third kappa shape index (κ3) is 1.39. The molecule has 0 aliphatic rings. The van der Waals surface area contributed by atoms with E-state index >= 15 is 0 Å². The topological polar surface area (TPSA) is 56.7 Å². The summed E-state index contributed by atoms with van der Waals surface area (Å²) in [6.45, 7) is 4.02. The van der Waals surface area contributed by atoms with Crippen LogP contribution in [0, 0.1) is 6.92 Å². The van der Waals surface area contributed by atoms with Crippen molar-refractivity contribution in [2.75, 3.05) is 5.73 Å². The van der Waals surface area contributed by atoms with E-state index in [1.165, 1.54) is 4.88 Å². The van der Waals surface area contributed by atoms with Gasteiger partial charge in [-0.2, -0.15) is 5.10 Å². The van der Waals surface area contributed by atoms with Crippen molar-refractivity contribution in [2.45, 2.75) is 19.9 Å². The van der Waals surface area contributed by atoms with E-state index in [1.807, 2.05) is 23.3 Å². The number of anilines is 1. The molecule has 1 unspecified atom stereocenters. The predicted octanol–water partition coefficient (Wildman–Crippen LogP) is 1.84. The summed E-state index contributed by atoms with van der Waals surface area (Å²) in [5, 5.41) is 4.24. The van der Waals surface area contributed by atoms with Crippen molar-refractivity contribution in [3.8, 4) is 0 Å². The summed E-state index contributed by atoms with van der Waals surface area (Å²) in [4.78, 5) is 5.21. The molecule has 0 bridgehead atoms. The number of thiazole rings is 1. The Balaban J connectivity index is 2.36. The molecule has 0 fully saturated rings. The highest BCUT2D eigenvalue weighted by Crippen LogP contribution is 2.24. The largest absolute Gasteiger partial charge is 0.384 e. The van der Waals surface area contributed by atoms with Gasteiger partial charge in [0, 0.05) is 16.6 Å². The minimum atomic E-state index is 0.163. The second kappa shape index (κ2) is 3.42. The first-order valence-corrected chi connectivity index (χ1v) is 5.26. The van der Waals surface area contributed by atoms with E-state index < -0.39 is 0 Å². The van der Waals surface area contributed by atoms with Gasteiger partial charge < -0.3 is 5.73 Å². The van der Waals surface area contributed by atoms with Gasteiger partial charge in [0.05, 0.1) is 17.7 Å². The molecule has 2 aromatic heterocycles. The van der Waals surface area contributed by atoms with E-state index in [4.69, 9.17) is 5.73 Å². The second-order valence-electron chi connectivity index (χ2n) is 3.24. The van der Waals surface area contributed by atoms with E-state index in [0.717, 1.165) is 11.4 Å². The molecule has 4 nitrogen and oxygen atoms in total. The van der Waals surface area contributed by atoms with Crippen molar-refractivity contribution in [2.24, 2.45) is 0 Å². The zero-order valence-electron chi connectivity index (χ0n) is 8.14. The van der Waals surface area contributed by atoms with Crippen LogP contribution in [0.5, 0.6) is 0 Å². The van der Waals surface area contributed by atoms with E-state index in [-0.39, 0.29) is 6.04 Å².